The van der Waals surface area contributed by atoms with Gasteiger partial charge in [-0.15, -0.1) is 0 Å². The molecule has 0 atom stereocenters. The van der Waals surface area contributed by atoms with Crippen LogP contribution in [0.25, 0.3) is 99.1 Å². The van der Waals surface area contributed by atoms with Crippen LogP contribution in [0.3, 0.4) is 0 Å². The van der Waals surface area contributed by atoms with Crippen molar-refractivity contribution in [1.82, 2.24) is 0 Å². The van der Waals surface area contributed by atoms with Crippen molar-refractivity contribution < 1.29 is 0 Å². The zero-order chi connectivity index (χ0) is 27.4. The Morgan fingerprint density at radius 1 is 0.238 bits per heavy atom. The summed E-state index contributed by atoms with van der Waals surface area (Å²) < 4.78 is 0. The van der Waals surface area contributed by atoms with Crippen LogP contribution in [0.2, 0.25) is 0 Å². The molecule has 0 radical (unpaired) electrons. The van der Waals surface area contributed by atoms with Crippen molar-refractivity contribution in [3.63, 3.8) is 0 Å². The average molecular weight is 529 g/mol. The summed E-state index contributed by atoms with van der Waals surface area (Å²) in [4.78, 5) is 0. The molecule has 0 aromatic heterocycles. The molecule has 0 unspecified atom stereocenters. The highest BCUT2D eigenvalue weighted by Crippen LogP contribution is 2.50. The smallest absolute Gasteiger partial charge is 0.00264 e. The van der Waals surface area contributed by atoms with Gasteiger partial charge in [-0.3, -0.25) is 0 Å². The first-order valence-corrected chi connectivity index (χ1v) is 14.7. The van der Waals surface area contributed by atoms with Crippen LogP contribution in [0.4, 0.5) is 0 Å². The van der Waals surface area contributed by atoms with Crippen LogP contribution in [-0.4, -0.2) is 0 Å². The molecule has 2 aliphatic rings. The van der Waals surface area contributed by atoms with E-state index in [2.05, 4.69) is 146 Å². The van der Waals surface area contributed by atoms with Crippen LogP contribution in [0.5, 0.6) is 0 Å². The van der Waals surface area contributed by atoms with Crippen molar-refractivity contribution in [3.05, 3.63) is 146 Å². The molecule has 0 fully saturated rings. The van der Waals surface area contributed by atoms with Crippen LogP contribution in [0, 0.1) is 0 Å². The summed E-state index contributed by atoms with van der Waals surface area (Å²) in [5.74, 6) is 0. The quantitative estimate of drug-likeness (QED) is 0.209. The fraction of sp³-hybridized carbons (Fsp3) is 0. The van der Waals surface area contributed by atoms with Gasteiger partial charge < -0.3 is 0 Å². The van der Waals surface area contributed by atoms with E-state index in [1.807, 2.05) is 0 Å². The highest BCUT2D eigenvalue weighted by atomic mass is 14.3. The van der Waals surface area contributed by atoms with Gasteiger partial charge in [0.15, 0.2) is 0 Å². The summed E-state index contributed by atoms with van der Waals surface area (Å²) in [6.45, 7) is 0. The molecule has 42 heavy (non-hydrogen) atoms. The van der Waals surface area contributed by atoms with Crippen molar-refractivity contribution in [2.45, 2.75) is 0 Å². The summed E-state index contributed by atoms with van der Waals surface area (Å²) in [6, 6.07) is 54.3. The van der Waals surface area contributed by atoms with Gasteiger partial charge in [-0.25, -0.2) is 0 Å². The van der Waals surface area contributed by atoms with E-state index in [-0.39, 0.29) is 0 Å². The third kappa shape index (κ3) is 2.91. The molecule has 0 aliphatic heterocycles. The van der Waals surface area contributed by atoms with Gasteiger partial charge in [-0.05, 0) is 117 Å². The van der Waals surface area contributed by atoms with Gasteiger partial charge in [-0.1, -0.05) is 127 Å². The van der Waals surface area contributed by atoms with Crippen molar-refractivity contribution >= 4 is 32.3 Å². The Morgan fingerprint density at radius 3 is 1.26 bits per heavy atom. The molecule has 0 heteroatoms. The van der Waals surface area contributed by atoms with Gasteiger partial charge in [0.25, 0.3) is 0 Å². The maximum atomic E-state index is 2.39. The number of fused-ring (bicyclic) bond motifs is 7. The Balaban J connectivity index is 1.09. The first-order chi connectivity index (χ1) is 20.8. The minimum atomic E-state index is 1.25. The van der Waals surface area contributed by atoms with Crippen LogP contribution >= 0.6 is 0 Å². The standard InChI is InChI=1S/C42H24/c1-6-25-8-3-14-37-39-23-28(17-20-33(39)35(12-1)41(25)37)27-16-19-32-29(22-27)10-5-11-31(32)30-18-21-34-36-13-2-7-26-9-4-15-38(42(26)36)40(34)24-30/h1-24H. The molecule has 0 amide bonds. The summed E-state index contributed by atoms with van der Waals surface area (Å²) in [7, 11) is 0. The third-order valence-corrected chi connectivity index (χ3v) is 9.53. The van der Waals surface area contributed by atoms with E-state index in [0.717, 1.165) is 0 Å². The van der Waals surface area contributed by atoms with Gasteiger partial charge in [0.05, 0.1) is 0 Å². The van der Waals surface area contributed by atoms with Gasteiger partial charge >= 0.3 is 0 Å². The highest BCUT2D eigenvalue weighted by molar-refractivity contribution is 6.17. The molecule has 10 rings (SSSR count). The molecule has 0 nitrogen and oxygen atoms in total. The van der Waals surface area contributed by atoms with Crippen molar-refractivity contribution in [2.75, 3.05) is 0 Å². The van der Waals surface area contributed by atoms with E-state index < -0.39 is 0 Å². The number of benzene rings is 8. The van der Waals surface area contributed by atoms with Crippen LogP contribution in [0.15, 0.2) is 146 Å². The second-order valence-corrected chi connectivity index (χ2v) is 11.7. The zero-order valence-corrected chi connectivity index (χ0v) is 22.9. The summed E-state index contributed by atoms with van der Waals surface area (Å²) >= 11 is 0. The largest absolute Gasteiger partial charge is 0.0610 e. The SMILES string of the molecule is c1cc(-c2ccc3c(c2)-c2cccc4cccc-3c24)c2ccc(-c3ccc4c(c3)-c3cccc5cccc-4c35)cc2c1. The number of hydrogen-bond acceptors (Lipinski definition) is 0. The van der Waals surface area contributed by atoms with Gasteiger partial charge in [0, 0.05) is 0 Å². The Morgan fingerprint density at radius 2 is 0.667 bits per heavy atom. The molecular weight excluding hydrogens is 504 g/mol. The summed E-state index contributed by atoms with van der Waals surface area (Å²) in [6.07, 6.45) is 0. The Labute approximate surface area is 244 Å². The fourth-order valence-electron chi connectivity index (χ4n) is 7.65. The van der Waals surface area contributed by atoms with Gasteiger partial charge in [-0.2, -0.15) is 0 Å². The molecule has 0 N–H and O–H groups in total. The van der Waals surface area contributed by atoms with E-state index in [4.69, 9.17) is 0 Å². The van der Waals surface area contributed by atoms with Gasteiger partial charge in [0.2, 0.25) is 0 Å². The normalized spacial score (nSPS) is 12.3. The average Bonchev–Trinajstić information content (AvgIpc) is 3.55. The van der Waals surface area contributed by atoms with E-state index in [9.17, 15) is 0 Å². The maximum absolute atomic E-state index is 2.39. The maximum Gasteiger partial charge on any atom is -0.00264 e. The monoisotopic (exact) mass is 528 g/mol. The van der Waals surface area contributed by atoms with E-state index >= 15 is 0 Å². The molecule has 0 bridgehead atoms. The lowest BCUT2D eigenvalue weighted by molar-refractivity contribution is 1.62. The minimum absolute atomic E-state index is 1.25. The molecule has 8 aromatic rings. The van der Waals surface area contributed by atoms with Crippen molar-refractivity contribution in [2.24, 2.45) is 0 Å². The molecule has 192 valence electrons. The molecule has 0 heterocycles. The molecular formula is C42H24. The number of hydrogen-bond donors (Lipinski definition) is 0. The minimum Gasteiger partial charge on any atom is -0.0610 e. The molecule has 8 aromatic carbocycles. The van der Waals surface area contributed by atoms with Crippen LogP contribution in [0.1, 0.15) is 0 Å². The second kappa shape index (κ2) is 8.06. The Hall–Kier alpha value is -5.46. The fourth-order valence-corrected chi connectivity index (χ4v) is 7.65. The van der Waals surface area contributed by atoms with Crippen molar-refractivity contribution in [3.8, 4) is 66.8 Å². The summed E-state index contributed by atoms with van der Waals surface area (Å²) in [5.41, 5.74) is 15.8. The molecule has 0 saturated heterocycles. The molecule has 0 saturated carbocycles. The van der Waals surface area contributed by atoms with E-state index in [1.54, 1.807) is 0 Å². The predicted molar refractivity (Wildman–Crippen MR) is 179 cm³/mol. The third-order valence-electron chi connectivity index (χ3n) is 9.53. The zero-order valence-electron chi connectivity index (χ0n) is 22.9. The summed E-state index contributed by atoms with van der Waals surface area (Å²) in [5, 5.41) is 7.93. The Bertz CT molecular complexity index is 2450. The lowest BCUT2D eigenvalue weighted by Crippen LogP contribution is -1.86. The van der Waals surface area contributed by atoms with E-state index in [1.165, 1.54) is 99.1 Å². The lowest BCUT2D eigenvalue weighted by atomic mass is 9.92. The van der Waals surface area contributed by atoms with Crippen LogP contribution in [-0.2, 0) is 0 Å². The predicted octanol–water partition coefficient (Wildman–Crippen LogP) is 11.8. The number of rotatable bonds is 2. The van der Waals surface area contributed by atoms with Gasteiger partial charge in [0.1, 0.15) is 0 Å². The van der Waals surface area contributed by atoms with E-state index in [0.29, 0.717) is 0 Å². The van der Waals surface area contributed by atoms with Crippen LogP contribution < -0.4 is 0 Å². The first kappa shape index (κ1) is 22.3. The lowest BCUT2D eigenvalue weighted by Gasteiger charge is -2.12. The molecule has 0 spiro atoms. The highest BCUT2D eigenvalue weighted by Gasteiger charge is 2.23. The topological polar surface area (TPSA) is 0 Å². The van der Waals surface area contributed by atoms with Crippen molar-refractivity contribution in [1.29, 1.82) is 0 Å². The first-order valence-electron chi connectivity index (χ1n) is 14.7. The molecule has 2 aliphatic carbocycles. The Kier molecular flexibility index (Phi) is 4.27. The second-order valence-electron chi connectivity index (χ2n) is 11.7.